The highest BCUT2D eigenvalue weighted by molar-refractivity contribution is 7.89. The summed E-state index contributed by atoms with van der Waals surface area (Å²) in [6.07, 6.45) is 1.40. The predicted octanol–water partition coefficient (Wildman–Crippen LogP) is 2.63. The first kappa shape index (κ1) is 17.8. The van der Waals surface area contributed by atoms with Crippen LogP contribution in [0.25, 0.3) is 0 Å². The number of hydrogen-bond donors (Lipinski definition) is 1. The molecule has 0 aliphatic heterocycles. The Bertz CT molecular complexity index is 861. The Morgan fingerprint density at radius 3 is 2.29 bits per heavy atom. The molecule has 1 N–H and O–H groups in total. The number of benzene rings is 2. The molecular weight excluding hydrogens is 328 g/mol. The summed E-state index contributed by atoms with van der Waals surface area (Å²) in [4.78, 5) is 2.38. The minimum absolute atomic E-state index is 0.176. The number of hydrogen-bond acceptors (Lipinski definition) is 5. The van der Waals surface area contributed by atoms with Crippen molar-refractivity contribution >= 4 is 16.2 Å². The van der Waals surface area contributed by atoms with Crippen molar-refractivity contribution in [2.45, 2.75) is 18.7 Å². The van der Waals surface area contributed by atoms with E-state index in [-0.39, 0.29) is 4.90 Å². The Hall–Kier alpha value is -2.54. The van der Waals surface area contributed by atoms with Crippen LogP contribution in [0.1, 0.15) is 16.7 Å². The van der Waals surface area contributed by atoms with E-state index in [1.165, 1.54) is 13.3 Å². The van der Waals surface area contributed by atoms with Crippen molar-refractivity contribution in [1.29, 1.82) is 0 Å². The molecule has 0 spiro atoms. The number of aryl methyl sites for hydroxylation is 2. The Kier molecular flexibility index (Phi) is 5.46. The molecule has 128 valence electrons. The fourth-order valence-electron chi connectivity index (χ4n) is 2.04. The van der Waals surface area contributed by atoms with Crippen LogP contribution in [0.4, 0.5) is 0 Å². The van der Waals surface area contributed by atoms with Crippen LogP contribution in [0.2, 0.25) is 0 Å². The van der Waals surface area contributed by atoms with E-state index < -0.39 is 10.0 Å². The van der Waals surface area contributed by atoms with Crippen LogP contribution in [0.5, 0.6) is 11.5 Å². The van der Waals surface area contributed by atoms with Gasteiger partial charge in [0.05, 0.1) is 25.3 Å². The maximum atomic E-state index is 12.2. The summed E-state index contributed by atoms with van der Waals surface area (Å²) in [5.41, 5.74) is 2.61. The molecular formula is C17H20N2O4S. The highest BCUT2D eigenvalue weighted by atomic mass is 32.2. The maximum Gasteiger partial charge on any atom is 0.276 e. The first-order valence-electron chi connectivity index (χ1n) is 7.21. The molecule has 0 unspecified atom stereocenters. The second-order valence-corrected chi connectivity index (χ2v) is 6.87. The molecule has 0 saturated heterocycles. The fourth-order valence-corrected chi connectivity index (χ4v) is 2.91. The summed E-state index contributed by atoms with van der Waals surface area (Å²) in [7, 11) is -0.628. The maximum absolute atomic E-state index is 12.2. The van der Waals surface area contributed by atoms with Crippen molar-refractivity contribution in [1.82, 2.24) is 4.83 Å². The zero-order valence-electron chi connectivity index (χ0n) is 14.0. The third-order valence-electron chi connectivity index (χ3n) is 3.58. The van der Waals surface area contributed by atoms with Gasteiger partial charge in [-0.1, -0.05) is 6.07 Å². The molecule has 2 aromatic rings. The Balaban J connectivity index is 2.16. The number of sulfonamides is 1. The average Bonchev–Trinajstić information content (AvgIpc) is 2.56. The van der Waals surface area contributed by atoms with Crippen LogP contribution in [0.3, 0.4) is 0 Å². The zero-order valence-corrected chi connectivity index (χ0v) is 14.8. The molecule has 0 radical (unpaired) electrons. The van der Waals surface area contributed by atoms with Gasteiger partial charge in [-0.3, -0.25) is 0 Å². The first-order chi connectivity index (χ1) is 11.4. The van der Waals surface area contributed by atoms with Crippen LogP contribution >= 0.6 is 0 Å². The monoisotopic (exact) mass is 348 g/mol. The lowest BCUT2D eigenvalue weighted by Gasteiger charge is -2.08. The van der Waals surface area contributed by atoms with E-state index in [2.05, 4.69) is 9.93 Å². The Morgan fingerprint density at radius 1 is 0.958 bits per heavy atom. The SMILES string of the molecule is COc1ccc(/C=N/NS(=O)(=O)c2ccc(C)c(C)c2)cc1OC. The summed E-state index contributed by atoms with van der Waals surface area (Å²) in [5.74, 6) is 1.13. The summed E-state index contributed by atoms with van der Waals surface area (Å²) in [6.45, 7) is 3.79. The predicted molar refractivity (Wildman–Crippen MR) is 93.4 cm³/mol. The van der Waals surface area contributed by atoms with Gasteiger partial charge >= 0.3 is 0 Å². The molecule has 0 fully saturated rings. The molecule has 0 aliphatic carbocycles. The molecule has 6 nitrogen and oxygen atoms in total. The van der Waals surface area contributed by atoms with E-state index in [0.29, 0.717) is 17.1 Å². The Morgan fingerprint density at radius 2 is 1.67 bits per heavy atom. The van der Waals surface area contributed by atoms with Gasteiger partial charge in [0.15, 0.2) is 11.5 Å². The zero-order chi connectivity index (χ0) is 17.7. The average molecular weight is 348 g/mol. The molecule has 0 heterocycles. The lowest BCUT2D eigenvalue weighted by atomic mass is 10.1. The lowest BCUT2D eigenvalue weighted by molar-refractivity contribution is 0.355. The third kappa shape index (κ3) is 4.05. The van der Waals surface area contributed by atoms with E-state index in [1.54, 1.807) is 43.5 Å². The van der Waals surface area contributed by atoms with Crippen molar-refractivity contribution in [2.75, 3.05) is 14.2 Å². The quantitative estimate of drug-likeness (QED) is 0.643. The van der Waals surface area contributed by atoms with Crippen LogP contribution < -0.4 is 14.3 Å². The van der Waals surface area contributed by atoms with Crippen molar-refractivity contribution in [2.24, 2.45) is 5.10 Å². The van der Waals surface area contributed by atoms with Crippen molar-refractivity contribution in [3.63, 3.8) is 0 Å². The Labute approximate surface area is 142 Å². The van der Waals surface area contributed by atoms with Gasteiger partial charge in [0.1, 0.15) is 0 Å². The number of nitrogens with one attached hydrogen (secondary N) is 1. The van der Waals surface area contributed by atoms with Gasteiger partial charge in [-0.2, -0.15) is 13.5 Å². The number of ether oxygens (including phenoxy) is 2. The van der Waals surface area contributed by atoms with Gasteiger partial charge in [0.2, 0.25) is 0 Å². The van der Waals surface area contributed by atoms with E-state index in [4.69, 9.17) is 9.47 Å². The standard InChI is InChI=1S/C17H20N2O4S/c1-12-5-7-15(9-13(12)2)24(20,21)19-18-11-14-6-8-16(22-3)17(10-14)23-4/h5-11,19H,1-4H3/b18-11+. The second kappa shape index (κ2) is 7.35. The number of rotatable bonds is 6. The minimum atomic E-state index is -3.70. The van der Waals surface area contributed by atoms with Gasteiger partial charge in [-0.15, -0.1) is 0 Å². The van der Waals surface area contributed by atoms with Crippen LogP contribution in [0.15, 0.2) is 46.4 Å². The number of hydrazone groups is 1. The lowest BCUT2D eigenvalue weighted by Crippen LogP contribution is -2.18. The minimum Gasteiger partial charge on any atom is -0.493 e. The highest BCUT2D eigenvalue weighted by Crippen LogP contribution is 2.26. The number of methoxy groups -OCH3 is 2. The van der Waals surface area contributed by atoms with E-state index in [1.807, 2.05) is 13.8 Å². The third-order valence-corrected chi connectivity index (χ3v) is 4.80. The molecule has 7 heteroatoms. The van der Waals surface area contributed by atoms with Gasteiger partial charge < -0.3 is 9.47 Å². The van der Waals surface area contributed by atoms with Gasteiger partial charge in [0, 0.05) is 0 Å². The molecule has 24 heavy (non-hydrogen) atoms. The highest BCUT2D eigenvalue weighted by Gasteiger charge is 2.13. The van der Waals surface area contributed by atoms with Gasteiger partial charge in [-0.25, -0.2) is 4.83 Å². The topological polar surface area (TPSA) is 77.0 Å². The summed E-state index contributed by atoms with van der Waals surface area (Å²) < 4.78 is 34.8. The van der Waals surface area contributed by atoms with Crippen LogP contribution in [-0.2, 0) is 10.0 Å². The second-order valence-electron chi connectivity index (χ2n) is 5.21. The molecule has 0 aromatic heterocycles. The van der Waals surface area contributed by atoms with Crippen molar-refractivity contribution in [3.05, 3.63) is 53.1 Å². The van der Waals surface area contributed by atoms with Gasteiger partial charge in [-0.05, 0) is 60.9 Å². The molecule has 2 aromatic carbocycles. The summed E-state index contributed by atoms with van der Waals surface area (Å²) in [5, 5.41) is 3.81. The van der Waals surface area contributed by atoms with E-state index in [9.17, 15) is 8.42 Å². The van der Waals surface area contributed by atoms with Crippen molar-refractivity contribution in [3.8, 4) is 11.5 Å². The van der Waals surface area contributed by atoms with Crippen LogP contribution in [-0.4, -0.2) is 28.9 Å². The molecule has 0 aliphatic rings. The van der Waals surface area contributed by atoms with Crippen LogP contribution in [0, 0.1) is 13.8 Å². The fraction of sp³-hybridized carbons (Fsp3) is 0.235. The number of nitrogens with zero attached hydrogens (tertiary/aromatic N) is 1. The molecule has 0 saturated carbocycles. The molecule has 0 bridgehead atoms. The smallest absolute Gasteiger partial charge is 0.276 e. The van der Waals surface area contributed by atoms with E-state index in [0.717, 1.165) is 11.1 Å². The van der Waals surface area contributed by atoms with Gasteiger partial charge in [0.25, 0.3) is 10.0 Å². The normalized spacial score (nSPS) is 11.5. The largest absolute Gasteiger partial charge is 0.493 e. The van der Waals surface area contributed by atoms with E-state index >= 15 is 0 Å². The summed E-state index contributed by atoms with van der Waals surface area (Å²) in [6, 6.07) is 10.1. The van der Waals surface area contributed by atoms with Crippen molar-refractivity contribution < 1.29 is 17.9 Å². The molecule has 0 atom stereocenters. The molecule has 0 amide bonds. The summed E-state index contributed by atoms with van der Waals surface area (Å²) >= 11 is 0. The molecule has 2 rings (SSSR count). The first-order valence-corrected chi connectivity index (χ1v) is 8.70.